The fourth-order valence-corrected chi connectivity index (χ4v) is 4.23. The Morgan fingerprint density at radius 2 is 1.87 bits per heavy atom. The summed E-state index contributed by atoms with van der Waals surface area (Å²) in [5.74, 6) is -0.817. The average molecular weight is 437 g/mol. The van der Waals surface area contributed by atoms with Crippen molar-refractivity contribution in [3.8, 4) is 5.69 Å². The highest BCUT2D eigenvalue weighted by Crippen LogP contribution is 2.20. The quantitative estimate of drug-likeness (QED) is 0.511. The zero-order valence-electron chi connectivity index (χ0n) is 17.0. The van der Waals surface area contributed by atoms with E-state index in [4.69, 9.17) is 0 Å². The summed E-state index contributed by atoms with van der Waals surface area (Å²) in [6, 6.07) is 14.7. The van der Waals surface area contributed by atoms with E-state index >= 15 is 0 Å². The number of hydrogen-bond acceptors (Lipinski definition) is 4. The van der Waals surface area contributed by atoms with E-state index in [-0.39, 0.29) is 16.9 Å². The van der Waals surface area contributed by atoms with Gasteiger partial charge in [-0.3, -0.25) is 14.2 Å². The lowest BCUT2D eigenvalue weighted by molar-refractivity contribution is -0.116. The number of aromatic nitrogens is 2. The lowest BCUT2D eigenvalue weighted by Crippen LogP contribution is -2.40. The van der Waals surface area contributed by atoms with Crippen LogP contribution in [-0.2, 0) is 11.3 Å². The van der Waals surface area contributed by atoms with Crippen LogP contribution in [0.3, 0.4) is 0 Å². The Morgan fingerprint density at radius 1 is 1.10 bits per heavy atom. The predicted molar refractivity (Wildman–Crippen MR) is 121 cm³/mol. The lowest BCUT2D eigenvalue weighted by Gasteiger charge is -2.13. The van der Waals surface area contributed by atoms with Crippen molar-refractivity contribution in [3.63, 3.8) is 0 Å². The molecule has 0 spiro atoms. The number of para-hydroxylation sites is 1. The second-order valence-electron chi connectivity index (χ2n) is 7.42. The number of thiophene rings is 1. The Hall–Kier alpha value is -3.52. The molecule has 2 aromatic carbocycles. The van der Waals surface area contributed by atoms with E-state index in [1.54, 1.807) is 23.6 Å². The van der Waals surface area contributed by atoms with Crippen LogP contribution >= 0.6 is 11.3 Å². The molecule has 0 bridgehead atoms. The molecule has 0 saturated carbocycles. The number of anilines is 1. The number of carbonyl (C=O) groups excluding carboxylic acids is 1. The van der Waals surface area contributed by atoms with Crippen molar-refractivity contribution in [3.05, 3.63) is 92.2 Å². The third-order valence-electron chi connectivity index (χ3n) is 4.99. The average Bonchev–Trinajstić information content (AvgIpc) is 3.23. The van der Waals surface area contributed by atoms with Gasteiger partial charge in [-0.1, -0.05) is 38.1 Å². The van der Waals surface area contributed by atoms with E-state index < -0.39 is 23.0 Å². The molecule has 0 aliphatic heterocycles. The number of amides is 1. The Labute approximate surface area is 181 Å². The van der Waals surface area contributed by atoms with Gasteiger partial charge < -0.3 is 5.32 Å². The first-order valence-electron chi connectivity index (χ1n) is 9.74. The third-order valence-corrected chi connectivity index (χ3v) is 5.88. The summed E-state index contributed by atoms with van der Waals surface area (Å²) >= 11 is 1.14. The molecule has 4 rings (SSSR count). The Kier molecular flexibility index (Phi) is 5.56. The Bertz CT molecular complexity index is 1400. The molecule has 0 aliphatic carbocycles. The molecular weight excluding hydrogens is 417 g/mol. The van der Waals surface area contributed by atoms with Crippen molar-refractivity contribution in [1.82, 2.24) is 9.13 Å². The zero-order valence-corrected chi connectivity index (χ0v) is 17.8. The predicted octanol–water partition coefficient (Wildman–Crippen LogP) is 4.12. The summed E-state index contributed by atoms with van der Waals surface area (Å²) in [5, 5.41) is 4.46. The van der Waals surface area contributed by atoms with Gasteiger partial charge in [0.25, 0.3) is 5.56 Å². The smallest absolute Gasteiger partial charge is 0.325 e. The number of nitrogens with zero attached hydrogens (tertiary/aromatic N) is 2. The molecule has 0 fully saturated rings. The second-order valence-corrected chi connectivity index (χ2v) is 8.34. The van der Waals surface area contributed by atoms with Gasteiger partial charge in [-0.25, -0.2) is 13.8 Å². The molecule has 6 nitrogen and oxygen atoms in total. The monoisotopic (exact) mass is 437 g/mol. The van der Waals surface area contributed by atoms with E-state index in [1.165, 1.54) is 22.8 Å². The molecule has 158 valence electrons. The molecule has 4 aromatic rings. The first-order valence-corrected chi connectivity index (χ1v) is 10.6. The highest BCUT2D eigenvalue weighted by atomic mass is 32.1. The SMILES string of the molecule is CC(C)c1cccc(NC(=O)Cn2c(=O)n(-c3ccccc3F)c(=O)c3sccc32)c1. The van der Waals surface area contributed by atoms with E-state index in [0.717, 1.165) is 21.5 Å². The molecule has 0 unspecified atom stereocenters. The maximum atomic E-state index is 14.4. The minimum Gasteiger partial charge on any atom is -0.325 e. The summed E-state index contributed by atoms with van der Waals surface area (Å²) in [4.78, 5) is 38.8. The van der Waals surface area contributed by atoms with Crippen LogP contribution in [0.25, 0.3) is 15.9 Å². The van der Waals surface area contributed by atoms with E-state index in [0.29, 0.717) is 17.1 Å². The van der Waals surface area contributed by atoms with Crippen molar-refractivity contribution in [2.24, 2.45) is 0 Å². The molecule has 0 atom stereocenters. The molecule has 31 heavy (non-hydrogen) atoms. The number of hydrogen-bond donors (Lipinski definition) is 1. The number of nitrogens with one attached hydrogen (secondary N) is 1. The number of halogens is 1. The highest BCUT2D eigenvalue weighted by molar-refractivity contribution is 7.17. The molecule has 0 radical (unpaired) electrons. The van der Waals surface area contributed by atoms with Gasteiger partial charge in [0.2, 0.25) is 5.91 Å². The van der Waals surface area contributed by atoms with E-state index in [2.05, 4.69) is 19.2 Å². The summed E-state index contributed by atoms with van der Waals surface area (Å²) < 4.78 is 16.6. The maximum absolute atomic E-state index is 14.4. The van der Waals surface area contributed by atoms with Crippen LogP contribution < -0.4 is 16.6 Å². The molecule has 2 heterocycles. The molecule has 1 N–H and O–H groups in total. The standard InChI is InChI=1S/C23H20FN3O3S/c1-14(2)15-6-5-7-16(12-15)25-20(28)13-26-19-10-11-31-21(19)22(29)27(23(26)30)18-9-4-3-8-17(18)24/h3-12,14H,13H2,1-2H3,(H,25,28). The highest BCUT2D eigenvalue weighted by Gasteiger charge is 2.19. The topological polar surface area (TPSA) is 73.1 Å². The minimum atomic E-state index is -0.771. The van der Waals surface area contributed by atoms with Crippen LogP contribution in [0.4, 0.5) is 10.1 Å². The van der Waals surface area contributed by atoms with Gasteiger partial charge in [-0.15, -0.1) is 11.3 Å². The van der Waals surface area contributed by atoms with Crippen LogP contribution in [0.5, 0.6) is 0 Å². The van der Waals surface area contributed by atoms with E-state index in [1.807, 2.05) is 18.2 Å². The van der Waals surface area contributed by atoms with Gasteiger partial charge in [0.05, 0.1) is 11.2 Å². The van der Waals surface area contributed by atoms with Crippen LogP contribution in [0.15, 0.2) is 69.6 Å². The van der Waals surface area contributed by atoms with Crippen molar-refractivity contribution in [2.45, 2.75) is 26.3 Å². The number of rotatable bonds is 5. The van der Waals surface area contributed by atoms with Crippen LogP contribution in [0.1, 0.15) is 25.3 Å². The van der Waals surface area contributed by atoms with Crippen molar-refractivity contribution < 1.29 is 9.18 Å². The van der Waals surface area contributed by atoms with Crippen molar-refractivity contribution in [2.75, 3.05) is 5.32 Å². The first-order chi connectivity index (χ1) is 14.9. The van der Waals surface area contributed by atoms with Gasteiger partial charge in [0, 0.05) is 5.69 Å². The summed E-state index contributed by atoms with van der Waals surface area (Å²) in [7, 11) is 0. The van der Waals surface area contributed by atoms with Crippen LogP contribution in [-0.4, -0.2) is 15.0 Å². The zero-order chi connectivity index (χ0) is 22.1. The van der Waals surface area contributed by atoms with E-state index in [9.17, 15) is 18.8 Å². The Morgan fingerprint density at radius 3 is 2.61 bits per heavy atom. The molecule has 8 heteroatoms. The fraction of sp³-hybridized carbons (Fsp3) is 0.174. The van der Waals surface area contributed by atoms with Crippen LogP contribution in [0.2, 0.25) is 0 Å². The first kappa shape index (κ1) is 20.7. The molecule has 0 saturated heterocycles. The van der Waals surface area contributed by atoms with Gasteiger partial charge >= 0.3 is 5.69 Å². The number of benzene rings is 2. The van der Waals surface area contributed by atoms with Gasteiger partial charge in [-0.2, -0.15) is 0 Å². The van der Waals surface area contributed by atoms with Crippen molar-refractivity contribution >= 4 is 33.1 Å². The molecular formula is C23H20FN3O3S. The second kappa shape index (κ2) is 8.31. The third kappa shape index (κ3) is 3.94. The van der Waals surface area contributed by atoms with Gasteiger partial charge in [-0.05, 0) is 47.2 Å². The molecule has 1 amide bonds. The summed E-state index contributed by atoms with van der Waals surface area (Å²) in [6.07, 6.45) is 0. The lowest BCUT2D eigenvalue weighted by atomic mass is 10.0. The largest absolute Gasteiger partial charge is 0.336 e. The summed E-state index contributed by atoms with van der Waals surface area (Å²) in [6.45, 7) is 3.80. The van der Waals surface area contributed by atoms with Gasteiger partial charge in [0.15, 0.2) is 0 Å². The number of carbonyl (C=O) groups is 1. The van der Waals surface area contributed by atoms with Gasteiger partial charge in [0.1, 0.15) is 17.1 Å². The molecule has 0 aliphatic rings. The summed E-state index contributed by atoms with van der Waals surface area (Å²) in [5.41, 5.74) is 0.510. The van der Waals surface area contributed by atoms with Crippen LogP contribution in [0, 0.1) is 5.82 Å². The fourth-order valence-electron chi connectivity index (χ4n) is 3.41. The minimum absolute atomic E-state index is 0.147. The number of fused-ring (bicyclic) bond motifs is 1. The molecule has 2 aromatic heterocycles. The maximum Gasteiger partial charge on any atom is 0.336 e. The normalized spacial score (nSPS) is 11.2. The van der Waals surface area contributed by atoms with Crippen molar-refractivity contribution in [1.29, 1.82) is 0 Å². The Balaban J connectivity index is 1.76.